The number of sulfone groups is 3. The lowest BCUT2D eigenvalue weighted by molar-refractivity contribution is -0.0476. The van der Waals surface area contributed by atoms with Crippen molar-refractivity contribution in [3.05, 3.63) is 0 Å². The monoisotopic (exact) mass is 372 g/mol. The summed E-state index contributed by atoms with van der Waals surface area (Å²) >= 11 is 0. The molecule has 0 saturated carbocycles. The summed E-state index contributed by atoms with van der Waals surface area (Å²) in [6, 6.07) is 0. The maximum absolute atomic E-state index is 12.3. The smallest absolute Gasteiger partial charge is 0.226 e. The fraction of sp³-hybridized carbons (Fsp3) is 1.00. The van der Waals surface area contributed by atoms with Gasteiger partial charge in [-0.1, -0.05) is 0 Å². The number of halogens is 6. The van der Waals surface area contributed by atoms with Gasteiger partial charge in [-0.15, -0.1) is 0 Å². The van der Waals surface area contributed by atoms with E-state index in [4.69, 9.17) is 0 Å². The van der Waals surface area contributed by atoms with Gasteiger partial charge < -0.3 is 0 Å². The maximum Gasteiger partial charge on any atom is 0.500 e. The van der Waals surface area contributed by atoms with Gasteiger partial charge >= 0.3 is 11.0 Å². The molecule has 0 atom stereocenters. The average molecular weight is 372 g/mol. The zero-order valence-electron chi connectivity index (χ0n) is 9.44. The Morgan fingerprint density at radius 1 is 0.650 bits per heavy atom. The highest BCUT2D eigenvalue weighted by Gasteiger charge is 2.75. The molecule has 0 heterocycles. The molecule has 6 nitrogen and oxygen atoms in total. The van der Waals surface area contributed by atoms with Crippen molar-refractivity contribution in [2.24, 2.45) is 0 Å². The molecule has 0 saturated heterocycles. The van der Waals surface area contributed by atoms with Gasteiger partial charge in [-0.25, -0.2) is 25.3 Å². The van der Waals surface area contributed by atoms with E-state index in [0.29, 0.717) is 0 Å². The Kier molecular flexibility index (Phi) is 4.33. The third-order valence-electron chi connectivity index (χ3n) is 2.26. The van der Waals surface area contributed by atoms with E-state index in [-0.39, 0.29) is 6.26 Å². The van der Waals surface area contributed by atoms with Crippen LogP contribution in [-0.4, -0.2) is 45.9 Å². The predicted molar refractivity (Wildman–Crippen MR) is 53.2 cm³/mol. The molecule has 0 N–H and O–H groups in total. The molecular formula is C5H6F6O6S3. The highest BCUT2D eigenvalue weighted by molar-refractivity contribution is 8.26. The van der Waals surface area contributed by atoms with Crippen molar-refractivity contribution in [3.8, 4) is 0 Å². The van der Waals surface area contributed by atoms with Crippen LogP contribution < -0.4 is 0 Å². The van der Waals surface area contributed by atoms with Crippen LogP contribution in [0.25, 0.3) is 0 Å². The van der Waals surface area contributed by atoms with Crippen LogP contribution in [0, 0.1) is 0 Å². The molecule has 0 aliphatic rings. The zero-order valence-corrected chi connectivity index (χ0v) is 11.9. The Hall–Kier alpha value is -0.570. The summed E-state index contributed by atoms with van der Waals surface area (Å²) in [6.07, 6.45) is -0.362. The minimum Gasteiger partial charge on any atom is -0.226 e. The number of alkyl halides is 6. The van der Waals surface area contributed by atoms with Crippen LogP contribution in [0.4, 0.5) is 26.3 Å². The molecule has 15 heteroatoms. The van der Waals surface area contributed by atoms with Crippen LogP contribution in [0.15, 0.2) is 0 Å². The van der Waals surface area contributed by atoms with Gasteiger partial charge in [0.05, 0.1) is 0 Å². The molecule has 0 unspecified atom stereocenters. The summed E-state index contributed by atoms with van der Waals surface area (Å²) in [5.74, 6) is 0. The van der Waals surface area contributed by atoms with Crippen LogP contribution in [0.5, 0.6) is 0 Å². The van der Waals surface area contributed by atoms with Crippen molar-refractivity contribution in [2.45, 2.75) is 21.4 Å². The second kappa shape index (κ2) is 4.46. The van der Waals surface area contributed by atoms with E-state index in [2.05, 4.69) is 0 Å². The van der Waals surface area contributed by atoms with Gasteiger partial charge in [0, 0.05) is 6.26 Å². The number of hydrogen-bond acceptors (Lipinski definition) is 6. The average Bonchev–Trinajstić information content (AvgIpc) is 2.10. The summed E-state index contributed by atoms with van der Waals surface area (Å²) in [6.45, 7) is -0.673. The second-order valence-corrected chi connectivity index (χ2v) is 11.2. The minimum absolute atomic E-state index is 0.362. The summed E-state index contributed by atoms with van der Waals surface area (Å²) in [4.78, 5) is 0. The van der Waals surface area contributed by atoms with Gasteiger partial charge in [-0.2, -0.15) is 26.3 Å². The van der Waals surface area contributed by atoms with Gasteiger partial charge in [0.25, 0.3) is 23.1 Å². The molecule has 0 aromatic rings. The van der Waals surface area contributed by atoms with E-state index in [1.54, 1.807) is 0 Å². The molecule has 0 radical (unpaired) electrons. The standard InChI is InChI=1S/C5H6F6O6S3/c1-3(18(2,12)13,19(14,15)4(6,7)8)20(16,17)5(9,10)11/h1-2H3. The van der Waals surface area contributed by atoms with Gasteiger partial charge in [0.15, 0.2) is 9.84 Å². The largest absolute Gasteiger partial charge is 0.500 e. The Morgan fingerprint density at radius 2 is 0.850 bits per heavy atom. The lowest BCUT2D eigenvalue weighted by Gasteiger charge is -2.28. The molecule has 0 spiro atoms. The molecular weight excluding hydrogens is 366 g/mol. The first-order valence-corrected chi connectivity index (χ1v) is 8.92. The van der Waals surface area contributed by atoms with Gasteiger partial charge in [0.2, 0.25) is 0 Å². The van der Waals surface area contributed by atoms with E-state index >= 15 is 0 Å². The van der Waals surface area contributed by atoms with E-state index in [1.165, 1.54) is 0 Å². The third kappa shape index (κ3) is 2.38. The molecule has 122 valence electrons. The van der Waals surface area contributed by atoms with Gasteiger partial charge in [0.1, 0.15) is 0 Å². The van der Waals surface area contributed by atoms with Crippen LogP contribution in [0.3, 0.4) is 0 Å². The molecule has 0 aromatic carbocycles. The van der Waals surface area contributed by atoms with E-state index in [9.17, 15) is 51.6 Å². The van der Waals surface area contributed by atoms with Crippen molar-refractivity contribution in [1.82, 2.24) is 0 Å². The molecule has 20 heavy (non-hydrogen) atoms. The molecule has 0 amide bonds. The first-order valence-electron chi connectivity index (χ1n) is 4.06. The number of rotatable bonds is 3. The molecule has 0 aliphatic carbocycles. The first kappa shape index (κ1) is 19.4. The molecule has 0 rings (SSSR count). The summed E-state index contributed by atoms with van der Waals surface area (Å²) in [5.41, 5.74) is -13.0. The van der Waals surface area contributed by atoms with E-state index in [0.717, 1.165) is 0 Å². The quantitative estimate of drug-likeness (QED) is 0.672. The molecule has 0 aromatic heterocycles. The normalized spacial score (nSPS) is 16.2. The zero-order chi connectivity index (χ0) is 17.0. The van der Waals surface area contributed by atoms with Crippen LogP contribution >= 0.6 is 0 Å². The van der Waals surface area contributed by atoms with E-state index < -0.39 is 50.9 Å². The van der Waals surface area contributed by atoms with Gasteiger partial charge in [-0.3, -0.25) is 0 Å². The highest BCUT2D eigenvalue weighted by atomic mass is 32.3. The van der Waals surface area contributed by atoms with Crippen molar-refractivity contribution in [1.29, 1.82) is 0 Å². The predicted octanol–water partition coefficient (Wildman–Crippen LogP) is 0.574. The molecule has 0 aliphatic heterocycles. The van der Waals surface area contributed by atoms with E-state index in [1.807, 2.05) is 0 Å². The number of hydrogen-bond donors (Lipinski definition) is 0. The first-order chi connectivity index (χ1) is 8.25. The van der Waals surface area contributed by atoms with Crippen LogP contribution in [-0.2, 0) is 29.5 Å². The lowest BCUT2D eigenvalue weighted by Crippen LogP contribution is -2.58. The highest BCUT2D eigenvalue weighted by Crippen LogP contribution is 2.45. The Bertz CT molecular complexity index is 649. The van der Waals surface area contributed by atoms with Crippen molar-refractivity contribution in [2.75, 3.05) is 6.26 Å². The SMILES string of the molecule is CC(S(C)(=O)=O)(S(=O)(=O)C(F)(F)F)S(=O)(=O)C(F)(F)F. The Labute approximate surface area is 109 Å². The summed E-state index contributed by atoms with van der Waals surface area (Å²) in [7, 11) is -20.3. The maximum atomic E-state index is 12.3. The van der Waals surface area contributed by atoms with Crippen molar-refractivity contribution in [3.63, 3.8) is 0 Å². The fourth-order valence-electron chi connectivity index (χ4n) is 0.963. The van der Waals surface area contributed by atoms with Crippen LogP contribution in [0.1, 0.15) is 6.92 Å². The topological polar surface area (TPSA) is 102 Å². The second-order valence-electron chi connectivity index (χ2n) is 3.53. The van der Waals surface area contributed by atoms with Crippen molar-refractivity contribution >= 4 is 29.5 Å². The lowest BCUT2D eigenvalue weighted by atomic mass is 10.9. The van der Waals surface area contributed by atoms with Crippen LogP contribution in [0.2, 0.25) is 0 Å². The Balaban J connectivity index is 7.05. The minimum atomic E-state index is -7.23. The third-order valence-corrected chi connectivity index (χ3v) is 11.2. The molecule has 0 fully saturated rings. The molecule has 0 bridgehead atoms. The summed E-state index contributed by atoms with van der Waals surface area (Å²) in [5, 5.41) is 0. The Morgan fingerprint density at radius 3 is 0.950 bits per heavy atom. The fourth-order valence-corrected chi connectivity index (χ4v) is 7.28. The van der Waals surface area contributed by atoms with Crippen molar-refractivity contribution < 1.29 is 51.6 Å². The van der Waals surface area contributed by atoms with Gasteiger partial charge in [-0.05, 0) is 6.92 Å². The summed E-state index contributed by atoms with van der Waals surface area (Å²) < 4.78 is 135.